The molecule has 2 rings (SSSR count). The fourth-order valence-electron chi connectivity index (χ4n) is 2.22. The van der Waals surface area contributed by atoms with E-state index in [9.17, 15) is 4.79 Å². The van der Waals surface area contributed by atoms with Crippen LogP contribution in [0.4, 0.5) is 0 Å². The van der Waals surface area contributed by atoms with Crippen LogP contribution in [0.5, 0.6) is 0 Å². The van der Waals surface area contributed by atoms with E-state index in [1.54, 1.807) is 7.05 Å². The summed E-state index contributed by atoms with van der Waals surface area (Å²) < 4.78 is 0. The van der Waals surface area contributed by atoms with Gasteiger partial charge in [-0.2, -0.15) is 0 Å². The van der Waals surface area contributed by atoms with E-state index < -0.39 is 0 Å². The fourth-order valence-corrected chi connectivity index (χ4v) is 2.54. The van der Waals surface area contributed by atoms with E-state index in [2.05, 4.69) is 10.2 Å². The molecular weight excluding hydrogens is 319 g/mol. The van der Waals surface area contributed by atoms with Gasteiger partial charge in [-0.15, -0.1) is 0 Å². The van der Waals surface area contributed by atoms with E-state index in [1.807, 2.05) is 49.5 Å². The molecule has 2 aromatic rings. The van der Waals surface area contributed by atoms with E-state index >= 15 is 0 Å². The average Bonchev–Trinajstić information content (AvgIpc) is 2.51. The Morgan fingerprint density at radius 2 is 1.59 bits per heavy atom. The lowest BCUT2D eigenvalue weighted by atomic mass is 10.1. The zero-order valence-corrected chi connectivity index (χ0v) is 14.1. The van der Waals surface area contributed by atoms with Crippen LogP contribution in [0.2, 0.25) is 10.0 Å². The van der Waals surface area contributed by atoms with E-state index in [-0.39, 0.29) is 5.91 Å². The number of benzene rings is 2. The number of nitrogens with zero attached hydrogens (tertiary/aromatic N) is 1. The maximum atomic E-state index is 11.5. The maximum absolute atomic E-state index is 11.5. The summed E-state index contributed by atoms with van der Waals surface area (Å²) in [5.41, 5.74) is 2.92. The van der Waals surface area contributed by atoms with Crippen molar-refractivity contribution >= 4 is 29.1 Å². The van der Waals surface area contributed by atoms with Gasteiger partial charge in [-0.25, -0.2) is 0 Å². The predicted octanol–water partition coefficient (Wildman–Crippen LogP) is 3.99. The van der Waals surface area contributed by atoms with Crippen molar-refractivity contribution in [3.63, 3.8) is 0 Å². The predicted molar refractivity (Wildman–Crippen MR) is 91.5 cm³/mol. The first-order chi connectivity index (χ1) is 10.5. The molecule has 0 atom stereocenters. The Bertz CT molecular complexity index is 656. The summed E-state index contributed by atoms with van der Waals surface area (Å²) in [6, 6.07) is 13.3. The summed E-state index contributed by atoms with van der Waals surface area (Å²) in [6.45, 7) is 1.56. The Balaban J connectivity index is 1.97. The Labute approximate surface area is 140 Å². The second-order valence-electron chi connectivity index (χ2n) is 5.20. The molecular formula is C17H18Cl2N2O. The summed E-state index contributed by atoms with van der Waals surface area (Å²) in [6.07, 6.45) is 0. The largest absolute Gasteiger partial charge is 0.355 e. The number of hydrogen-bond acceptors (Lipinski definition) is 2. The van der Waals surface area contributed by atoms with Crippen molar-refractivity contribution in [1.29, 1.82) is 0 Å². The molecule has 0 saturated heterocycles. The van der Waals surface area contributed by atoms with Gasteiger partial charge in [-0.3, -0.25) is 9.69 Å². The normalized spacial score (nSPS) is 10.8. The maximum Gasteiger partial charge on any atom is 0.251 e. The smallest absolute Gasteiger partial charge is 0.251 e. The van der Waals surface area contributed by atoms with Crippen LogP contribution in [0.1, 0.15) is 21.5 Å². The molecule has 0 aliphatic rings. The Hall–Kier alpha value is -1.55. The number of halogens is 2. The molecule has 1 amide bonds. The summed E-state index contributed by atoms with van der Waals surface area (Å²) in [4.78, 5) is 13.7. The zero-order chi connectivity index (χ0) is 16.1. The van der Waals surface area contributed by atoms with E-state index in [4.69, 9.17) is 23.2 Å². The first kappa shape index (κ1) is 16.8. The topological polar surface area (TPSA) is 32.3 Å². The van der Waals surface area contributed by atoms with E-state index in [1.165, 1.54) is 0 Å². The first-order valence-electron chi connectivity index (χ1n) is 6.93. The molecule has 2 aromatic carbocycles. The molecule has 0 saturated carbocycles. The SMILES string of the molecule is CNC(=O)c1ccc(CN(C)Cc2ccc(Cl)c(Cl)c2)cc1. The van der Waals surface area contributed by atoms with E-state index in [0.29, 0.717) is 15.6 Å². The number of nitrogens with one attached hydrogen (secondary N) is 1. The van der Waals surface area contributed by atoms with Gasteiger partial charge < -0.3 is 5.32 Å². The second-order valence-corrected chi connectivity index (χ2v) is 6.01. The van der Waals surface area contributed by atoms with Crippen molar-refractivity contribution in [2.45, 2.75) is 13.1 Å². The lowest BCUT2D eigenvalue weighted by Gasteiger charge is -2.17. The van der Waals surface area contributed by atoms with Crippen LogP contribution in [0.15, 0.2) is 42.5 Å². The van der Waals surface area contributed by atoms with Crippen LogP contribution in [0, 0.1) is 0 Å². The van der Waals surface area contributed by atoms with Crippen LogP contribution >= 0.6 is 23.2 Å². The van der Waals surface area contributed by atoms with Gasteiger partial charge in [-0.05, 0) is 42.4 Å². The standard InChI is InChI=1S/C17H18Cl2N2O/c1-20-17(22)14-6-3-12(4-7-14)10-21(2)11-13-5-8-15(18)16(19)9-13/h3-9H,10-11H2,1-2H3,(H,20,22). The third kappa shape index (κ3) is 4.47. The molecule has 0 bridgehead atoms. The van der Waals surface area contributed by atoms with Gasteiger partial charge in [0.15, 0.2) is 0 Å². The highest BCUT2D eigenvalue weighted by Crippen LogP contribution is 2.23. The number of amides is 1. The van der Waals surface area contributed by atoms with Gasteiger partial charge in [0.1, 0.15) is 0 Å². The molecule has 0 unspecified atom stereocenters. The van der Waals surface area contributed by atoms with Crippen LogP contribution in [-0.2, 0) is 13.1 Å². The van der Waals surface area contributed by atoms with Gasteiger partial charge in [0.25, 0.3) is 5.91 Å². The quantitative estimate of drug-likeness (QED) is 0.895. The molecule has 5 heteroatoms. The van der Waals surface area contributed by atoms with Crippen LogP contribution in [0.3, 0.4) is 0 Å². The number of carbonyl (C=O) groups excluding carboxylic acids is 1. The number of carbonyl (C=O) groups is 1. The third-order valence-electron chi connectivity index (χ3n) is 3.33. The zero-order valence-electron chi connectivity index (χ0n) is 12.6. The van der Waals surface area contributed by atoms with Crippen LogP contribution in [0.25, 0.3) is 0 Å². The Morgan fingerprint density at radius 3 is 2.18 bits per heavy atom. The first-order valence-corrected chi connectivity index (χ1v) is 7.68. The lowest BCUT2D eigenvalue weighted by Crippen LogP contribution is -2.19. The minimum Gasteiger partial charge on any atom is -0.355 e. The van der Waals surface area contributed by atoms with Crippen LogP contribution < -0.4 is 5.32 Å². The summed E-state index contributed by atoms with van der Waals surface area (Å²) in [5.74, 6) is -0.0734. The van der Waals surface area contributed by atoms with Crippen molar-refractivity contribution < 1.29 is 4.79 Å². The molecule has 22 heavy (non-hydrogen) atoms. The molecule has 0 heterocycles. The molecule has 0 aliphatic heterocycles. The lowest BCUT2D eigenvalue weighted by molar-refractivity contribution is 0.0963. The summed E-state index contributed by atoms with van der Waals surface area (Å²) in [5, 5.41) is 3.75. The van der Waals surface area contributed by atoms with Gasteiger partial charge in [0, 0.05) is 25.7 Å². The summed E-state index contributed by atoms with van der Waals surface area (Å²) >= 11 is 12.0. The molecule has 0 aliphatic carbocycles. The van der Waals surface area contributed by atoms with Crippen LogP contribution in [-0.4, -0.2) is 24.9 Å². The molecule has 0 radical (unpaired) electrons. The Morgan fingerprint density at radius 1 is 1.00 bits per heavy atom. The van der Waals surface area contributed by atoms with Gasteiger partial charge in [0.05, 0.1) is 10.0 Å². The minimum atomic E-state index is -0.0734. The van der Waals surface area contributed by atoms with E-state index in [0.717, 1.165) is 24.2 Å². The van der Waals surface area contributed by atoms with Crippen molar-refractivity contribution in [3.8, 4) is 0 Å². The highest BCUT2D eigenvalue weighted by Gasteiger charge is 2.06. The Kier molecular flexibility index (Phi) is 5.83. The minimum absolute atomic E-state index is 0.0734. The molecule has 0 spiro atoms. The number of hydrogen-bond donors (Lipinski definition) is 1. The van der Waals surface area contributed by atoms with Crippen molar-refractivity contribution in [1.82, 2.24) is 10.2 Å². The molecule has 116 valence electrons. The molecule has 0 aromatic heterocycles. The molecule has 3 nitrogen and oxygen atoms in total. The van der Waals surface area contributed by atoms with Gasteiger partial charge in [-0.1, -0.05) is 41.4 Å². The fraction of sp³-hybridized carbons (Fsp3) is 0.235. The van der Waals surface area contributed by atoms with Crippen molar-refractivity contribution in [2.24, 2.45) is 0 Å². The molecule has 1 N–H and O–H groups in total. The highest BCUT2D eigenvalue weighted by molar-refractivity contribution is 6.42. The van der Waals surface area contributed by atoms with Gasteiger partial charge >= 0.3 is 0 Å². The average molecular weight is 337 g/mol. The second kappa shape index (κ2) is 7.63. The number of rotatable bonds is 5. The van der Waals surface area contributed by atoms with Crippen molar-refractivity contribution in [2.75, 3.05) is 14.1 Å². The monoisotopic (exact) mass is 336 g/mol. The highest BCUT2D eigenvalue weighted by atomic mass is 35.5. The third-order valence-corrected chi connectivity index (χ3v) is 4.07. The molecule has 0 fully saturated rings. The van der Waals surface area contributed by atoms with Crippen molar-refractivity contribution in [3.05, 3.63) is 69.2 Å². The van der Waals surface area contributed by atoms with Gasteiger partial charge in [0.2, 0.25) is 0 Å². The summed E-state index contributed by atoms with van der Waals surface area (Å²) in [7, 11) is 3.66.